The lowest BCUT2D eigenvalue weighted by Crippen LogP contribution is -2.59. The van der Waals surface area contributed by atoms with Crippen LogP contribution in [0.4, 0.5) is 0 Å². The van der Waals surface area contributed by atoms with Crippen molar-refractivity contribution in [2.45, 2.75) is 246 Å². The van der Waals surface area contributed by atoms with Crippen molar-refractivity contribution in [2.75, 3.05) is 13.1 Å². The number of hydrogen-bond donors (Lipinski definition) is 3. The summed E-state index contributed by atoms with van der Waals surface area (Å²) in [7, 11) is 0. The molecule has 87 heavy (non-hydrogen) atoms. The van der Waals surface area contributed by atoms with Gasteiger partial charge in [-0.1, -0.05) is 154 Å². The molecule has 8 rings (SSSR count). The number of carboxylic acids is 1. The lowest BCUT2D eigenvalue weighted by molar-refractivity contribution is -0.253. The first-order valence-electron chi connectivity index (χ1n) is 32.0. The SMILES string of the molecule is CC(C)(C)OC(=O)[C@@H]1[C@H]2CCC[C@H]2CN1C(=O)[C@@H](N)C(C)(C)C.CC(C)(C)OC(=O)[C@@H]1[C@H]2CCC[C@H]2CN1C(=O)[C@@H](NC(=O)[C@@H](N=C([O-])OCc1ccccc1)C1CCCCC1)C(C)(C)C.O=C(O)[C@@H](N=C([O-])OCc1ccccc1)C1CCCCC1. The number of esters is 2. The largest absolute Gasteiger partial charge is 0.596 e. The molecule has 4 N–H and O–H groups in total. The zero-order valence-corrected chi connectivity index (χ0v) is 54.1. The van der Waals surface area contributed by atoms with Crippen LogP contribution in [-0.2, 0) is 60.9 Å². The Balaban J connectivity index is 0.000000230. The van der Waals surface area contributed by atoms with Gasteiger partial charge in [-0.3, -0.25) is 24.4 Å². The molecule has 2 aliphatic heterocycles. The van der Waals surface area contributed by atoms with Crippen molar-refractivity contribution in [3.8, 4) is 0 Å². The highest BCUT2D eigenvalue weighted by Gasteiger charge is 2.54. The second kappa shape index (κ2) is 30.8. The van der Waals surface area contributed by atoms with Crippen LogP contribution in [-0.4, -0.2) is 123 Å². The number of amides is 3. The number of hydrogen-bond acceptors (Lipinski definition) is 15. The van der Waals surface area contributed by atoms with Gasteiger partial charge in [0.2, 0.25) is 17.7 Å². The maximum atomic E-state index is 14.3. The Kier molecular flexibility index (Phi) is 24.7. The molecule has 2 heterocycles. The van der Waals surface area contributed by atoms with E-state index in [0.29, 0.717) is 19.0 Å². The van der Waals surface area contributed by atoms with Crippen LogP contribution in [0, 0.1) is 46.3 Å². The van der Waals surface area contributed by atoms with Gasteiger partial charge in [-0.25, -0.2) is 14.4 Å². The number of carbonyl (C=O) groups is 6. The van der Waals surface area contributed by atoms with Gasteiger partial charge < -0.3 is 55.1 Å². The number of benzene rings is 2. The summed E-state index contributed by atoms with van der Waals surface area (Å²) >= 11 is 0. The summed E-state index contributed by atoms with van der Waals surface area (Å²) in [6.07, 6.45) is 13.8. The predicted octanol–water partition coefficient (Wildman–Crippen LogP) is 8.65. The van der Waals surface area contributed by atoms with Crippen molar-refractivity contribution in [1.29, 1.82) is 0 Å². The molecule has 4 saturated carbocycles. The topological polar surface area (TPSA) is 275 Å². The molecule has 10 atom stereocenters. The fourth-order valence-corrected chi connectivity index (χ4v) is 13.4. The molecule has 19 heteroatoms. The minimum atomic E-state index is -1.04. The van der Waals surface area contributed by atoms with E-state index in [2.05, 4.69) is 15.3 Å². The van der Waals surface area contributed by atoms with Crippen molar-refractivity contribution in [1.82, 2.24) is 15.1 Å². The van der Waals surface area contributed by atoms with Gasteiger partial charge in [0.1, 0.15) is 47.5 Å². The van der Waals surface area contributed by atoms with E-state index >= 15 is 0 Å². The molecular formula is C68H102N6O13-2. The number of carbonyl (C=O) groups excluding carboxylic acids is 5. The summed E-state index contributed by atoms with van der Waals surface area (Å²) in [4.78, 5) is 90.0. The molecular weight excluding hydrogens is 1110 g/mol. The smallest absolute Gasteiger partial charge is 0.329 e. The molecule has 6 fully saturated rings. The lowest BCUT2D eigenvalue weighted by atomic mass is 9.82. The Morgan fingerprint density at radius 3 is 1.32 bits per heavy atom. The lowest BCUT2D eigenvalue weighted by Gasteiger charge is -2.38. The molecule has 0 unspecified atom stereocenters. The maximum absolute atomic E-state index is 14.3. The molecule has 2 saturated heterocycles. The van der Waals surface area contributed by atoms with E-state index in [1.165, 1.54) is 0 Å². The second-order valence-electron chi connectivity index (χ2n) is 29.2. The van der Waals surface area contributed by atoms with Crippen molar-refractivity contribution < 1.29 is 63.0 Å². The molecule has 0 bridgehead atoms. The highest BCUT2D eigenvalue weighted by Crippen LogP contribution is 2.45. The molecule has 2 aromatic rings. The average Bonchev–Trinajstić information content (AvgIpc) is 1.67. The van der Waals surface area contributed by atoms with Crippen LogP contribution in [0.3, 0.4) is 0 Å². The Hall–Kier alpha value is -6.24. The molecule has 3 amide bonds. The quantitative estimate of drug-likeness (QED) is 0.0855. The normalized spacial score (nSPS) is 24.3. The van der Waals surface area contributed by atoms with E-state index in [1.807, 2.05) is 144 Å². The summed E-state index contributed by atoms with van der Waals surface area (Å²) < 4.78 is 21.8. The summed E-state index contributed by atoms with van der Waals surface area (Å²) in [5, 5.41) is 36.8. The number of nitrogens with zero attached hydrogens (tertiary/aromatic N) is 4. The highest BCUT2D eigenvalue weighted by atomic mass is 16.6. The van der Waals surface area contributed by atoms with E-state index in [4.69, 9.17) is 24.7 Å². The third kappa shape index (κ3) is 20.4. The number of carboxylic acid groups (broad SMARTS) is 1. The standard InChI is InChI=1S/C34H51N3O6.C18H32N2O3.C16H21NO4/c1-33(2,3)28(30(39)37-20-24-18-13-19-25(24)27(37)31(40)43-34(4,5)6)36-29(38)26(23-16-11-8-12-17-23)35-32(41)42-21-22-14-9-7-10-15-22;1-17(2,3)14(19)15(21)20-10-11-8-7-9-12(11)13(20)16(22)23-18(4,5)6;18-15(19)14(13-9-5-2-6-10-13)17-16(20)21-11-12-7-3-1-4-8-12/h7,9-10,14-15,23-28H,8,11-13,16-21H2,1-6H3,(H,35,41)(H,36,38);11-14H,7-10,19H2,1-6H3;1,3-4,7-8,13-14H,2,5-6,9-11H2,(H,17,20)(H,18,19)/p-2/t24-,25-,26-,27-,28+;11-,12-,13-,14+;14-/m000/s1. The second-order valence-corrected chi connectivity index (χ2v) is 29.2. The minimum Gasteiger partial charge on any atom is -0.596 e. The van der Waals surface area contributed by atoms with Gasteiger partial charge in [-0.2, -0.15) is 0 Å². The fourth-order valence-electron chi connectivity index (χ4n) is 13.4. The van der Waals surface area contributed by atoms with Crippen LogP contribution in [0.5, 0.6) is 0 Å². The number of likely N-dealkylation sites (tertiary alicyclic amines) is 2. The van der Waals surface area contributed by atoms with Gasteiger partial charge in [0.15, 0.2) is 6.04 Å². The molecule has 0 spiro atoms. The Labute approximate surface area is 517 Å². The van der Waals surface area contributed by atoms with Crippen molar-refractivity contribution in [3.63, 3.8) is 0 Å². The number of fused-ring (bicyclic) bond motifs is 2. The van der Waals surface area contributed by atoms with E-state index in [9.17, 15) is 44.1 Å². The van der Waals surface area contributed by atoms with Crippen molar-refractivity contribution in [3.05, 3.63) is 71.8 Å². The van der Waals surface area contributed by atoms with Crippen LogP contribution in [0.15, 0.2) is 70.6 Å². The van der Waals surface area contributed by atoms with Gasteiger partial charge in [-0.05, 0) is 150 Å². The van der Waals surface area contributed by atoms with Crippen LogP contribution >= 0.6 is 0 Å². The Bertz CT molecular complexity index is 2650. The van der Waals surface area contributed by atoms with E-state index in [-0.39, 0.29) is 72.0 Å². The van der Waals surface area contributed by atoms with Gasteiger partial charge in [0, 0.05) is 26.3 Å². The van der Waals surface area contributed by atoms with E-state index in [0.717, 1.165) is 114 Å². The summed E-state index contributed by atoms with van der Waals surface area (Å²) in [6.45, 7) is 23.9. The third-order valence-corrected chi connectivity index (χ3v) is 17.9. The predicted molar refractivity (Wildman–Crippen MR) is 329 cm³/mol. The highest BCUT2D eigenvalue weighted by molar-refractivity contribution is 5.94. The van der Waals surface area contributed by atoms with Gasteiger partial charge in [-0.15, -0.1) is 0 Å². The van der Waals surface area contributed by atoms with E-state index in [1.54, 1.807) is 9.80 Å². The summed E-state index contributed by atoms with van der Waals surface area (Å²) in [6, 6.07) is 14.0. The molecule has 0 radical (unpaired) electrons. The van der Waals surface area contributed by atoms with E-state index < -0.39 is 76.9 Å². The van der Waals surface area contributed by atoms with Crippen molar-refractivity contribution >= 4 is 47.8 Å². The van der Waals surface area contributed by atoms with Crippen LogP contribution < -0.4 is 21.3 Å². The van der Waals surface area contributed by atoms with Gasteiger partial charge in [0.05, 0.1) is 6.04 Å². The molecule has 0 aromatic heterocycles. The summed E-state index contributed by atoms with van der Waals surface area (Å²) in [5.74, 6) is -1.82. The number of aliphatic carboxylic acids is 1. The first kappa shape index (κ1) is 69.9. The number of aliphatic imine (C=N–C) groups is 2. The van der Waals surface area contributed by atoms with Crippen LogP contribution in [0.1, 0.15) is 197 Å². The number of rotatable bonds is 15. The third-order valence-electron chi connectivity index (χ3n) is 17.9. The van der Waals surface area contributed by atoms with Crippen LogP contribution in [0.25, 0.3) is 0 Å². The molecule has 19 nitrogen and oxygen atoms in total. The maximum Gasteiger partial charge on any atom is 0.329 e. The van der Waals surface area contributed by atoms with Gasteiger partial charge >= 0.3 is 17.9 Å². The minimum absolute atomic E-state index is 0.0551. The molecule has 2 aromatic carbocycles. The van der Waals surface area contributed by atoms with Crippen molar-refractivity contribution in [2.24, 2.45) is 62.1 Å². The number of nitrogens with two attached hydrogens (primary N) is 1. The monoisotopic (exact) mass is 1210 g/mol. The average molecular weight is 1210 g/mol. The van der Waals surface area contributed by atoms with Crippen LogP contribution in [0.2, 0.25) is 0 Å². The number of ether oxygens (including phenoxy) is 4. The number of nitrogens with one attached hydrogen (secondary N) is 1. The zero-order chi connectivity index (χ0) is 64.0. The molecule has 4 aliphatic carbocycles. The first-order chi connectivity index (χ1) is 40.8. The first-order valence-corrected chi connectivity index (χ1v) is 32.0. The summed E-state index contributed by atoms with van der Waals surface area (Å²) in [5.41, 5.74) is 5.65. The van der Waals surface area contributed by atoms with Gasteiger partial charge in [0.25, 0.3) is 0 Å². The molecule has 6 aliphatic rings. The Morgan fingerprint density at radius 2 is 0.943 bits per heavy atom. The Morgan fingerprint density at radius 1 is 0.552 bits per heavy atom. The zero-order valence-electron chi connectivity index (χ0n) is 54.1. The molecule has 484 valence electrons. The fraction of sp³-hybridized carbons (Fsp3) is 0.706.